The molecule has 1 saturated heterocycles. The van der Waals surface area contributed by atoms with Crippen molar-refractivity contribution < 1.29 is 17.6 Å². The van der Waals surface area contributed by atoms with Gasteiger partial charge < -0.3 is 9.73 Å². The summed E-state index contributed by atoms with van der Waals surface area (Å²) < 4.78 is 31.1. The molecule has 1 aliphatic heterocycles. The largest absolute Gasteiger partial charge is 0.441 e. The number of carbonyl (C=O) groups is 1. The Bertz CT molecular complexity index is 1230. The SMILES string of the molecule is Cc1cc(NC(=O)CCc2ncc(-c3ccc(C)c(C)c3)o2)n([C@H]2CCS(=O)(=O)C2)n1. The van der Waals surface area contributed by atoms with E-state index < -0.39 is 9.84 Å². The van der Waals surface area contributed by atoms with Crippen molar-refractivity contribution in [2.24, 2.45) is 0 Å². The molecule has 0 bridgehead atoms. The molecule has 3 aromatic rings. The number of anilines is 1. The van der Waals surface area contributed by atoms with Crippen molar-refractivity contribution in [2.75, 3.05) is 16.8 Å². The zero-order valence-corrected chi connectivity index (χ0v) is 18.7. The molecule has 3 heterocycles. The molecule has 0 unspecified atom stereocenters. The fraction of sp³-hybridized carbons (Fsp3) is 0.409. The van der Waals surface area contributed by atoms with Gasteiger partial charge in [-0.25, -0.2) is 18.1 Å². The van der Waals surface area contributed by atoms with Crippen LogP contribution >= 0.6 is 0 Å². The average molecular weight is 443 g/mol. The molecule has 164 valence electrons. The third-order valence-corrected chi connectivity index (χ3v) is 7.34. The third kappa shape index (κ3) is 4.87. The van der Waals surface area contributed by atoms with Crippen LogP contribution in [-0.2, 0) is 21.1 Å². The van der Waals surface area contributed by atoms with Crippen molar-refractivity contribution >= 4 is 21.6 Å². The summed E-state index contributed by atoms with van der Waals surface area (Å²) >= 11 is 0. The van der Waals surface area contributed by atoms with Gasteiger partial charge in [0.2, 0.25) is 5.91 Å². The van der Waals surface area contributed by atoms with Crippen LogP contribution in [0.4, 0.5) is 5.82 Å². The maximum atomic E-state index is 12.5. The molecule has 1 aromatic carbocycles. The Balaban J connectivity index is 1.38. The number of nitrogens with one attached hydrogen (secondary N) is 1. The van der Waals surface area contributed by atoms with E-state index in [9.17, 15) is 13.2 Å². The number of hydrogen-bond donors (Lipinski definition) is 1. The van der Waals surface area contributed by atoms with Crippen molar-refractivity contribution in [3.05, 3.63) is 53.2 Å². The van der Waals surface area contributed by atoms with E-state index in [-0.39, 0.29) is 29.9 Å². The second kappa shape index (κ2) is 8.30. The van der Waals surface area contributed by atoms with E-state index in [0.29, 0.717) is 30.3 Å². The van der Waals surface area contributed by atoms with Crippen LogP contribution in [-0.4, -0.2) is 40.6 Å². The highest BCUT2D eigenvalue weighted by Crippen LogP contribution is 2.27. The molecule has 0 radical (unpaired) electrons. The van der Waals surface area contributed by atoms with E-state index in [0.717, 1.165) is 11.3 Å². The number of sulfone groups is 1. The van der Waals surface area contributed by atoms with E-state index in [2.05, 4.69) is 28.4 Å². The van der Waals surface area contributed by atoms with E-state index >= 15 is 0 Å². The van der Waals surface area contributed by atoms with Crippen LogP contribution in [0.15, 0.2) is 34.9 Å². The minimum Gasteiger partial charge on any atom is -0.441 e. The quantitative estimate of drug-likeness (QED) is 0.627. The van der Waals surface area contributed by atoms with Crippen LogP contribution in [0.5, 0.6) is 0 Å². The highest BCUT2D eigenvalue weighted by molar-refractivity contribution is 7.91. The van der Waals surface area contributed by atoms with Gasteiger partial charge in [-0.3, -0.25) is 4.79 Å². The first-order valence-electron chi connectivity index (χ1n) is 10.3. The molecule has 0 aliphatic carbocycles. The fourth-order valence-corrected chi connectivity index (χ4v) is 5.43. The zero-order chi connectivity index (χ0) is 22.2. The van der Waals surface area contributed by atoms with Crippen molar-refractivity contribution in [1.82, 2.24) is 14.8 Å². The molecule has 0 saturated carbocycles. The molecule has 1 atom stereocenters. The number of carbonyl (C=O) groups excluding carboxylic acids is 1. The van der Waals surface area contributed by atoms with E-state index in [1.807, 2.05) is 26.0 Å². The second-order valence-corrected chi connectivity index (χ2v) is 10.4. The number of oxazole rings is 1. The average Bonchev–Trinajstić information content (AvgIpc) is 3.41. The monoisotopic (exact) mass is 442 g/mol. The Morgan fingerprint density at radius 3 is 2.74 bits per heavy atom. The van der Waals surface area contributed by atoms with Crippen LogP contribution in [0.2, 0.25) is 0 Å². The molecule has 0 spiro atoms. The smallest absolute Gasteiger partial charge is 0.226 e. The lowest BCUT2D eigenvalue weighted by atomic mass is 10.1. The lowest BCUT2D eigenvalue weighted by Gasteiger charge is -2.13. The van der Waals surface area contributed by atoms with Crippen LogP contribution in [0.25, 0.3) is 11.3 Å². The summed E-state index contributed by atoms with van der Waals surface area (Å²) in [4.78, 5) is 16.8. The van der Waals surface area contributed by atoms with Gasteiger partial charge in [0.25, 0.3) is 0 Å². The first-order valence-corrected chi connectivity index (χ1v) is 12.1. The van der Waals surface area contributed by atoms with Crippen LogP contribution in [0.1, 0.15) is 41.6 Å². The summed E-state index contributed by atoms with van der Waals surface area (Å²) in [5, 5.41) is 7.24. The molecule has 1 aliphatic rings. The van der Waals surface area contributed by atoms with Gasteiger partial charge >= 0.3 is 0 Å². The summed E-state index contributed by atoms with van der Waals surface area (Å²) in [5.41, 5.74) is 4.07. The minimum absolute atomic E-state index is 0.0502. The van der Waals surface area contributed by atoms with Gasteiger partial charge in [-0.1, -0.05) is 12.1 Å². The summed E-state index contributed by atoms with van der Waals surface area (Å²) in [6.07, 6.45) is 2.74. The van der Waals surface area contributed by atoms with Gasteiger partial charge in [-0.15, -0.1) is 0 Å². The lowest BCUT2D eigenvalue weighted by molar-refractivity contribution is -0.116. The number of hydrogen-bond acceptors (Lipinski definition) is 6. The van der Waals surface area contributed by atoms with Gasteiger partial charge in [0, 0.05) is 24.5 Å². The topological polar surface area (TPSA) is 107 Å². The number of aromatic nitrogens is 3. The molecular formula is C22H26N4O4S. The molecule has 8 nitrogen and oxygen atoms in total. The maximum absolute atomic E-state index is 12.5. The Labute approximate surface area is 181 Å². The van der Waals surface area contributed by atoms with Gasteiger partial charge in [0.05, 0.1) is 29.4 Å². The highest BCUT2D eigenvalue weighted by Gasteiger charge is 2.31. The lowest BCUT2D eigenvalue weighted by Crippen LogP contribution is -2.19. The number of rotatable bonds is 6. The first-order chi connectivity index (χ1) is 14.7. The van der Waals surface area contributed by atoms with Crippen molar-refractivity contribution in [1.29, 1.82) is 0 Å². The van der Waals surface area contributed by atoms with Crippen LogP contribution < -0.4 is 5.32 Å². The summed E-state index contributed by atoms with van der Waals surface area (Å²) in [7, 11) is -3.05. The molecule has 4 rings (SSSR count). The number of aryl methyl sites for hydroxylation is 4. The predicted octanol–water partition coefficient (Wildman–Crippen LogP) is 3.39. The van der Waals surface area contributed by atoms with Gasteiger partial charge in [0.15, 0.2) is 21.5 Å². The molecule has 2 aromatic heterocycles. The first kappa shape index (κ1) is 21.3. The second-order valence-electron chi connectivity index (χ2n) is 8.14. The van der Waals surface area contributed by atoms with Gasteiger partial charge in [-0.2, -0.15) is 5.10 Å². The Kier molecular flexibility index (Phi) is 5.70. The van der Waals surface area contributed by atoms with Crippen LogP contribution in [0.3, 0.4) is 0 Å². The highest BCUT2D eigenvalue weighted by atomic mass is 32.2. The normalized spacial score (nSPS) is 17.7. The summed E-state index contributed by atoms with van der Waals surface area (Å²) in [6, 6.07) is 7.60. The van der Waals surface area contributed by atoms with E-state index in [1.165, 1.54) is 11.1 Å². The molecule has 1 fully saturated rings. The summed E-state index contributed by atoms with van der Waals surface area (Å²) in [6.45, 7) is 5.92. The number of benzene rings is 1. The zero-order valence-electron chi connectivity index (χ0n) is 17.9. The fourth-order valence-electron chi connectivity index (χ4n) is 3.74. The van der Waals surface area contributed by atoms with Gasteiger partial charge in [0.1, 0.15) is 5.82 Å². The Hall–Kier alpha value is -2.94. The third-order valence-electron chi connectivity index (χ3n) is 5.59. The number of amides is 1. The predicted molar refractivity (Wildman–Crippen MR) is 118 cm³/mol. The molecule has 9 heteroatoms. The Morgan fingerprint density at radius 1 is 1.23 bits per heavy atom. The van der Waals surface area contributed by atoms with E-state index in [4.69, 9.17) is 4.42 Å². The molecule has 1 amide bonds. The molecule has 31 heavy (non-hydrogen) atoms. The van der Waals surface area contributed by atoms with E-state index in [1.54, 1.807) is 16.9 Å². The standard InChI is InChI=1S/C22H26N4O4S/c1-14-4-5-17(10-15(14)2)19-12-23-22(30-19)7-6-21(27)24-20-11-16(3)25-26(20)18-8-9-31(28,29)13-18/h4-5,10-12,18H,6-9,13H2,1-3H3,(H,24,27)/t18-/m0/s1. The van der Waals surface area contributed by atoms with Crippen LogP contribution in [0, 0.1) is 20.8 Å². The van der Waals surface area contributed by atoms with Gasteiger partial charge in [-0.05, 0) is 44.4 Å². The molecule has 1 N–H and O–H groups in total. The maximum Gasteiger partial charge on any atom is 0.226 e. The van der Waals surface area contributed by atoms with Crippen molar-refractivity contribution in [2.45, 2.75) is 46.1 Å². The Morgan fingerprint density at radius 2 is 2.03 bits per heavy atom. The van der Waals surface area contributed by atoms with Crippen molar-refractivity contribution in [3.8, 4) is 11.3 Å². The summed E-state index contributed by atoms with van der Waals surface area (Å²) in [5.74, 6) is 1.69. The minimum atomic E-state index is -3.05. The number of nitrogens with zero attached hydrogens (tertiary/aromatic N) is 3. The molecular weight excluding hydrogens is 416 g/mol. The van der Waals surface area contributed by atoms with Crippen molar-refractivity contribution in [3.63, 3.8) is 0 Å².